The SMILES string of the molecule is CCCNC(C)c1nnc(-c2cc([N+](=O)[O-])ccc2C)o1. The van der Waals surface area contributed by atoms with Gasteiger partial charge in [-0.2, -0.15) is 0 Å². The lowest BCUT2D eigenvalue weighted by Crippen LogP contribution is -2.19. The molecule has 1 N–H and O–H groups in total. The van der Waals surface area contributed by atoms with Gasteiger partial charge < -0.3 is 9.73 Å². The van der Waals surface area contributed by atoms with Crippen molar-refractivity contribution in [2.45, 2.75) is 33.2 Å². The van der Waals surface area contributed by atoms with Gasteiger partial charge in [-0.3, -0.25) is 10.1 Å². The number of nitro groups is 1. The topological polar surface area (TPSA) is 94.1 Å². The van der Waals surface area contributed by atoms with Gasteiger partial charge in [0.15, 0.2) is 0 Å². The molecule has 2 aromatic rings. The first-order valence-corrected chi connectivity index (χ1v) is 6.85. The number of rotatable bonds is 6. The Hall–Kier alpha value is -2.28. The maximum atomic E-state index is 10.9. The van der Waals surface area contributed by atoms with E-state index in [-0.39, 0.29) is 11.7 Å². The molecule has 21 heavy (non-hydrogen) atoms. The van der Waals surface area contributed by atoms with Crippen molar-refractivity contribution < 1.29 is 9.34 Å². The lowest BCUT2D eigenvalue weighted by molar-refractivity contribution is -0.384. The number of non-ortho nitro benzene ring substituents is 1. The van der Waals surface area contributed by atoms with Gasteiger partial charge in [0, 0.05) is 17.7 Å². The van der Waals surface area contributed by atoms with Crippen LogP contribution in [0.1, 0.15) is 37.8 Å². The number of nitrogens with zero attached hydrogens (tertiary/aromatic N) is 3. The Morgan fingerprint density at radius 1 is 1.43 bits per heavy atom. The van der Waals surface area contributed by atoms with Gasteiger partial charge in [-0.25, -0.2) is 0 Å². The molecule has 1 aromatic heterocycles. The van der Waals surface area contributed by atoms with E-state index < -0.39 is 4.92 Å². The summed E-state index contributed by atoms with van der Waals surface area (Å²) in [6, 6.07) is 4.54. The van der Waals surface area contributed by atoms with E-state index in [4.69, 9.17) is 4.42 Å². The summed E-state index contributed by atoms with van der Waals surface area (Å²) < 4.78 is 5.64. The van der Waals surface area contributed by atoms with Crippen LogP contribution in [0.4, 0.5) is 5.69 Å². The Morgan fingerprint density at radius 3 is 2.86 bits per heavy atom. The molecule has 1 aromatic carbocycles. The zero-order valence-electron chi connectivity index (χ0n) is 12.3. The first-order valence-electron chi connectivity index (χ1n) is 6.85. The van der Waals surface area contributed by atoms with Gasteiger partial charge in [0.2, 0.25) is 11.8 Å². The summed E-state index contributed by atoms with van der Waals surface area (Å²) in [7, 11) is 0. The highest BCUT2D eigenvalue weighted by molar-refractivity contribution is 5.62. The van der Waals surface area contributed by atoms with E-state index in [1.54, 1.807) is 6.07 Å². The fourth-order valence-electron chi connectivity index (χ4n) is 1.92. The van der Waals surface area contributed by atoms with Crippen LogP contribution in [0.3, 0.4) is 0 Å². The first-order chi connectivity index (χ1) is 10.0. The van der Waals surface area contributed by atoms with Crippen molar-refractivity contribution in [3.05, 3.63) is 39.8 Å². The van der Waals surface area contributed by atoms with E-state index in [0.29, 0.717) is 17.3 Å². The van der Waals surface area contributed by atoms with Crippen molar-refractivity contribution in [1.82, 2.24) is 15.5 Å². The number of hydrogen-bond donors (Lipinski definition) is 1. The van der Waals surface area contributed by atoms with Gasteiger partial charge in [0.25, 0.3) is 5.69 Å². The third-order valence-corrected chi connectivity index (χ3v) is 3.17. The van der Waals surface area contributed by atoms with Crippen molar-refractivity contribution in [1.29, 1.82) is 0 Å². The molecule has 1 atom stereocenters. The van der Waals surface area contributed by atoms with Crippen LogP contribution < -0.4 is 5.32 Å². The van der Waals surface area contributed by atoms with Crippen molar-refractivity contribution in [2.75, 3.05) is 6.54 Å². The lowest BCUT2D eigenvalue weighted by Gasteiger charge is -2.07. The maximum absolute atomic E-state index is 10.9. The van der Waals surface area contributed by atoms with E-state index in [1.165, 1.54) is 12.1 Å². The van der Waals surface area contributed by atoms with Crippen molar-refractivity contribution in [3.63, 3.8) is 0 Å². The van der Waals surface area contributed by atoms with Crippen LogP contribution in [0, 0.1) is 17.0 Å². The third-order valence-electron chi connectivity index (χ3n) is 3.17. The van der Waals surface area contributed by atoms with Crippen LogP contribution >= 0.6 is 0 Å². The number of aryl methyl sites for hydroxylation is 1. The summed E-state index contributed by atoms with van der Waals surface area (Å²) >= 11 is 0. The molecule has 0 fully saturated rings. The van der Waals surface area contributed by atoms with Crippen LogP contribution in [0.25, 0.3) is 11.5 Å². The Kier molecular flexibility index (Phi) is 4.64. The number of aromatic nitrogens is 2. The number of nitro benzene ring substituents is 1. The molecule has 0 saturated heterocycles. The zero-order valence-corrected chi connectivity index (χ0v) is 12.3. The molecule has 0 aliphatic rings. The molecule has 1 heterocycles. The largest absolute Gasteiger partial charge is 0.419 e. The maximum Gasteiger partial charge on any atom is 0.270 e. The Balaban J connectivity index is 2.29. The Morgan fingerprint density at radius 2 is 2.19 bits per heavy atom. The molecule has 0 spiro atoms. The second kappa shape index (κ2) is 6.45. The predicted octanol–water partition coefficient (Wildman–Crippen LogP) is 3.01. The highest BCUT2D eigenvalue weighted by atomic mass is 16.6. The molecular weight excluding hydrogens is 272 g/mol. The van der Waals surface area contributed by atoms with Crippen LogP contribution in [-0.4, -0.2) is 21.7 Å². The van der Waals surface area contributed by atoms with Gasteiger partial charge in [-0.05, 0) is 32.4 Å². The van der Waals surface area contributed by atoms with Gasteiger partial charge >= 0.3 is 0 Å². The normalized spacial score (nSPS) is 12.3. The van der Waals surface area contributed by atoms with Gasteiger partial charge in [-0.1, -0.05) is 13.0 Å². The van der Waals surface area contributed by atoms with Gasteiger partial charge in [0.05, 0.1) is 11.0 Å². The van der Waals surface area contributed by atoms with E-state index in [0.717, 1.165) is 18.5 Å². The van der Waals surface area contributed by atoms with Gasteiger partial charge in [-0.15, -0.1) is 10.2 Å². The number of benzene rings is 1. The smallest absolute Gasteiger partial charge is 0.270 e. The molecule has 7 heteroatoms. The minimum absolute atomic E-state index is 0.00695. The van der Waals surface area contributed by atoms with Crippen LogP contribution in [0.15, 0.2) is 22.6 Å². The highest BCUT2D eigenvalue weighted by Crippen LogP contribution is 2.27. The Bertz CT molecular complexity index is 639. The molecule has 1 unspecified atom stereocenters. The molecule has 0 aliphatic carbocycles. The molecular formula is C14H18N4O3. The monoisotopic (exact) mass is 290 g/mol. The minimum Gasteiger partial charge on any atom is -0.419 e. The summed E-state index contributed by atoms with van der Waals surface area (Å²) in [5.74, 6) is 0.778. The van der Waals surface area contributed by atoms with Crippen molar-refractivity contribution in [2.24, 2.45) is 0 Å². The first kappa shape index (κ1) is 15.1. The molecule has 0 aliphatic heterocycles. The zero-order chi connectivity index (χ0) is 15.4. The van der Waals surface area contributed by atoms with Crippen molar-refractivity contribution >= 4 is 5.69 Å². The molecule has 0 amide bonds. The number of hydrogen-bond acceptors (Lipinski definition) is 6. The fourth-order valence-corrected chi connectivity index (χ4v) is 1.92. The predicted molar refractivity (Wildman–Crippen MR) is 77.8 cm³/mol. The molecule has 0 bridgehead atoms. The summed E-state index contributed by atoms with van der Waals surface area (Å²) in [4.78, 5) is 10.4. The van der Waals surface area contributed by atoms with E-state index in [1.807, 2.05) is 13.8 Å². The molecule has 112 valence electrons. The summed E-state index contributed by atoms with van der Waals surface area (Å²) in [6.45, 7) is 6.72. The third kappa shape index (κ3) is 3.43. The lowest BCUT2D eigenvalue weighted by atomic mass is 10.1. The summed E-state index contributed by atoms with van der Waals surface area (Å²) in [5, 5.41) is 22.1. The highest BCUT2D eigenvalue weighted by Gasteiger charge is 2.18. The Labute approximate surface area is 122 Å². The van der Waals surface area contributed by atoms with Crippen molar-refractivity contribution in [3.8, 4) is 11.5 Å². The molecule has 0 radical (unpaired) electrons. The van der Waals surface area contributed by atoms with E-state index in [9.17, 15) is 10.1 Å². The van der Waals surface area contributed by atoms with Gasteiger partial charge in [0.1, 0.15) is 0 Å². The quantitative estimate of drug-likeness (QED) is 0.649. The van der Waals surface area contributed by atoms with Crippen LogP contribution in [-0.2, 0) is 0 Å². The molecule has 2 rings (SSSR count). The average molecular weight is 290 g/mol. The van der Waals surface area contributed by atoms with Crippen LogP contribution in [0.2, 0.25) is 0 Å². The molecule has 0 saturated carbocycles. The fraction of sp³-hybridized carbons (Fsp3) is 0.429. The molecule has 7 nitrogen and oxygen atoms in total. The second-order valence-electron chi connectivity index (χ2n) is 4.88. The average Bonchev–Trinajstić information content (AvgIpc) is 2.94. The summed E-state index contributed by atoms with van der Waals surface area (Å²) in [5.41, 5.74) is 1.45. The summed E-state index contributed by atoms with van der Waals surface area (Å²) in [6.07, 6.45) is 1.01. The minimum atomic E-state index is -0.439. The standard InChI is InChI=1S/C14H18N4O3/c1-4-7-15-10(3)13-16-17-14(21-13)12-8-11(18(19)20)6-5-9(12)2/h5-6,8,10,15H,4,7H2,1-3H3. The van der Waals surface area contributed by atoms with E-state index >= 15 is 0 Å². The van der Waals surface area contributed by atoms with E-state index in [2.05, 4.69) is 22.4 Å². The second-order valence-corrected chi connectivity index (χ2v) is 4.88. The number of nitrogens with one attached hydrogen (secondary N) is 1. The van der Waals surface area contributed by atoms with Crippen LogP contribution in [0.5, 0.6) is 0 Å².